The first-order valence-electron chi connectivity index (χ1n) is 8.97. The molecule has 3 rings (SSSR count). The average molecular weight is 386 g/mol. The van der Waals surface area contributed by atoms with Crippen LogP contribution in [-0.2, 0) is 13.1 Å². The summed E-state index contributed by atoms with van der Waals surface area (Å²) in [5, 5.41) is 12.3. The molecule has 142 valence electrons. The Morgan fingerprint density at radius 1 is 1.30 bits per heavy atom. The van der Waals surface area contributed by atoms with E-state index in [0.29, 0.717) is 23.7 Å². The zero-order valence-corrected chi connectivity index (χ0v) is 16.6. The molecule has 2 heterocycles. The molecule has 0 aliphatic carbocycles. The molecule has 27 heavy (non-hydrogen) atoms. The van der Waals surface area contributed by atoms with Crippen LogP contribution >= 0.6 is 11.6 Å². The van der Waals surface area contributed by atoms with Gasteiger partial charge in [-0.3, -0.25) is 14.2 Å². The zero-order valence-electron chi connectivity index (χ0n) is 15.8. The Kier molecular flexibility index (Phi) is 5.96. The van der Waals surface area contributed by atoms with Crippen LogP contribution < -0.4 is 5.32 Å². The Labute approximate surface area is 164 Å². The van der Waals surface area contributed by atoms with E-state index in [9.17, 15) is 4.79 Å². The van der Waals surface area contributed by atoms with Gasteiger partial charge >= 0.3 is 0 Å². The van der Waals surface area contributed by atoms with Gasteiger partial charge in [0.25, 0.3) is 5.91 Å². The molecule has 3 aromatic rings. The van der Waals surface area contributed by atoms with Gasteiger partial charge in [0.05, 0.1) is 23.5 Å². The Balaban J connectivity index is 1.56. The molecule has 2 aromatic heterocycles. The lowest BCUT2D eigenvalue weighted by molar-refractivity contribution is 0.0946. The highest BCUT2D eigenvalue weighted by Gasteiger charge is 2.11. The second kappa shape index (κ2) is 8.39. The molecule has 0 saturated carbocycles. The monoisotopic (exact) mass is 385 g/mol. The van der Waals surface area contributed by atoms with Gasteiger partial charge in [-0.2, -0.15) is 10.2 Å². The molecule has 0 spiro atoms. The van der Waals surface area contributed by atoms with E-state index in [4.69, 9.17) is 11.6 Å². The number of nitrogens with zero attached hydrogens (tertiary/aromatic N) is 4. The van der Waals surface area contributed by atoms with E-state index in [1.165, 1.54) is 0 Å². The van der Waals surface area contributed by atoms with Crippen molar-refractivity contribution < 1.29 is 4.79 Å². The van der Waals surface area contributed by atoms with Gasteiger partial charge in [-0.25, -0.2) is 0 Å². The summed E-state index contributed by atoms with van der Waals surface area (Å²) in [6.45, 7) is 8.08. The van der Waals surface area contributed by atoms with Crippen molar-refractivity contribution in [3.05, 3.63) is 70.3 Å². The second-order valence-electron chi connectivity index (χ2n) is 6.98. The van der Waals surface area contributed by atoms with Crippen LogP contribution in [0.3, 0.4) is 0 Å². The molecule has 1 amide bonds. The highest BCUT2D eigenvalue weighted by molar-refractivity contribution is 6.30. The number of hydrogen-bond acceptors (Lipinski definition) is 3. The van der Waals surface area contributed by atoms with Crippen LogP contribution in [0.2, 0.25) is 5.02 Å². The number of halogens is 1. The van der Waals surface area contributed by atoms with Gasteiger partial charge in [0.1, 0.15) is 0 Å². The summed E-state index contributed by atoms with van der Waals surface area (Å²) in [5.74, 6) is 0.205. The van der Waals surface area contributed by atoms with Crippen LogP contribution in [0, 0.1) is 19.8 Å². The van der Waals surface area contributed by atoms with Crippen LogP contribution in [0.25, 0.3) is 0 Å². The lowest BCUT2D eigenvalue weighted by Gasteiger charge is -2.14. The van der Waals surface area contributed by atoms with Gasteiger partial charge in [0.2, 0.25) is 0 Å². The van der Waals surface area contributed by atoms with Crippen molar-refractivity contribution in [2.24, 2.45) is 5.92 Å². The largest absolute Gasteiger partial charge is 0.352 e. The van der Waals surface area contributed by atoms with E-state index in [-0.39, 0.29) is 11.8 Å². The molecule has 6 nitrogen and oxygen atoms in total. The molecule has 1 aromatic carbocycles. The van der Waals surface area contributed by atoms with Gasteiger partial charge in [0.15, 0.2) is 0 Å². The van der Waals surface area contributed by atoms with Crippen LogP contribution in [-0.4, -0.2) is 32.0 Å². The standard InChI is InChI=1S/C20H24ClN5O/c1-14(11-26-16(3)7-15(2)24-26)9-22-20(27)18-6-4-5-17(8-18)12-25-13-19(21)10-23-25/h4-8,10,13-14H,9,11-12H2,1-3H3,(H,22,27). The van der Waals surface area contributed by atoms with Crippen LogP contribution in [0.5, 0.6) is 0 Å². The van der Waals surface area contributed by atoms with Gasteiger partial charge in [-0.15, -0.1) is 0 Å². The van der Waals surface area contributed by atoms with Crippen LogP contribution in [0.4, 0.5) is 0 Å². The average Bonchev–Trinajstić information content (AvgIpc) is 3.17. The lowest BCUT2D eigenvalue weighted by atomic mass is 10.1. The third-order valence-corrected chi connectivity index (χ3v) is 4.53. The van der Waals surface area contributed by atoms with Crippen molar-refractivity contribution in [3.8, 4) is 0 Å². The summed E-state index contributed by atoms with van der Waals surface area (Å²) in [6, 6.07) is 9.62. The van der Waals surface area contributed by atoms with Gasteiger partial charge < -0.3 is 5.32 Å². The molecular weight excluding hydrogens is 362 g/mol. The number of benzene rings is 1. The quantitative estimate of drug-likeness (QED) is 0.677. The molecule has 0 aliphatic heterocycles. The molecule has 0 bridgehead atoms. The number of amides is 1. The van der Waals surface area contributed by atoms with E-state index in [0.717, 1.165) is 23.5 Å². The summed E-state index contributed by atoms with van der Waals surface area (Å²) in [7, 11) is 0. The van der Waals surface area contributed by atoms with E-state index >= 15 is 0 Å². The number of aryl methyl sites for hydroxylation is 2. The Bertz CT molecular complexity index is 930. The summed E-state index contributed by atoms with van der Waals surface area (Å²) in [6.07, 6.45) is 3.36. The van der Waals surface area contributed by atoms with Crippen molar-refractivity contribution in [2.75, 3.05) is 6.54 Å². The minimum Gasteiger partial charge on any atom is -0.352 e. The molecular formula is C20H24ClN5O. The highest BCUT2D eigenvalue weighted by Crippen LogP contribution is 2.11. The third-order valence-electron chi connectivity index (χ3n) is 4.33. The van der Waals surface area contributed by atoms with E-state index < -0.39 is 0 Å². The van der Waals surface area contributed by atoms with Gasteiger partial charge in [-0.1, -0.05) is 30.7 Å². The lowest BCUT2D eigenvalue weighted by Crippen LogP contribution is -2.30. The predicted molar refractivity (Wildman–Crippen MR) is 106 cm³/mol. The molecule has 1 atom stereocenters. The third kappa shape index (κ3) is 5.20. The van der Waals surface area contributed by atoms with Gasteiger partial charge in [-0.05, 0) is 43.5 Å². The van der Waals surface area contributed by atoms with Crippen molar-refractivity contribution in [2.45, 2.75) is 33.9 Å². The Hall–Kier alpha value is -2.60. The Morgan fingerprint density at radius 3 is 2.78 bits per heavy atom. The number of carbonyl (C=O) groups is 1. The first-order chi connectivity index (χ1) is 12.9. The number of aromatic nitrogens is 4. The number of nitrogens with one attached hydrogen (secondary N) is 1. The SMILES string of the molecule is Cc1cc(C)n(CC(C)CNC(=O)c2cccc(Cn3cc(Cl)cn3)c2)n1. The fourth-order valence-corrected chi connectivity index (χ4v) is 3.17. The fourth-order valence-electron chi connectivity index (χ4n) is 3.01. The van der Waals surface area contributed by atoms with E-state index in [1.807, 2.05) is 42.8 Å². The van der Waals surface area contributed by atoms with Crippen molar-refractivity contribution in [3.63, 3.8) is 0 Å². The fraction of sp³-hybridized carbons (Fsp3) is 0.350. The summed E-state index contributed by atoms with van der Waals surface area (Å²) in [4.78, 5) is 12.5. The first-order valence-corrected chi connectivity index (χ1v) is 9.34. The second-order valence-corrected chi connectivity index (χ2v) is 7.42. The maximum atomic E-state index is 12.5. The maximum absolute atomic E-state index is 12.5. The van der Waals surface area contributed by atoms with E-state index in [1.54, 1.807) is 17.1 Å². The topological polar surface area (TPSA) is 64.7 Å². The minimum absolute atomic E-state index is 0.0736. The molecule has 0 saturated heterocycles. The zero-order chi connectivity index (χ0) is 19.4. The summed E-state index contributed by atoms with van der Waals surface area (Å²) in [5.41, 5.74) is 3.79. The molecule has 7 heteroatoms. The molecule has 1 unspecified atom stereocenters. The minimum atomic E-state index is -0.0736. The number of hydrogen-bond donors (Lipinski definition) is 1. The molecule has 1 N–H and O–H groups in total. The smallest absolute Gasteiger partial charge is 0.251 e. The molecule has 0 aliphatic rings. The highest BCUT2D eigenvalue weighted by atomic mass is 35.5. The normalized spacial score (nSPS) is 12.1. The summed E-state index contributed by atoms with van der Waals surface area (Å²) < 4.78 is 3.73. The number of carbonyl (C=O) groups excluding carboxylic acids is 1. The van der Waals surface area contributed by atoms with Crippen molar-refractivity contribution in [1.29, 1.82) is 0 Å². The summed E-state index contributed by atoms with van der Waals surface area (Å²) >= 11 is 5.89. The van der Waals surface area contributed by atoms with Crippen molar-refractivity contribution in [1.82, 2.24) is 24.9 Å². The number of rotatable bonds is 7. The van der Waals surface area contributed by atoms with Crippen LogP contribution in [0.1, 0.15) is 34.2 Å². The maximum Gasteiger partial charge on any atom is 0.251 e. The Morgan fingerprint density at radius 2 is 2.11 bits per heavy atom. The first kappa shape index (κ1) is 19.2. The molecule has 0 radical (unpaired) electrons. The van der Waals surface area contributed by atoms with Crippen LogP contribution in [0.15, 0.2) is 42.7 Å². The predicted octanol–water partition coefficient (Wildman–Crippen LogP) is 3.46. The van der Waals surface area contributed by atoms with E-state index in [2.05, 4.69) is 28.5 Å². The van der Waals surface area contributed by atoms with Gasteiger partial charge in [0, 0.05) is 30.5 Å². The molecule has 0 fully saturated rings. The van der Waals surface area contributed by atoms with Crippen molar-refractivity contribution >= 4 is 17.5 Å².